The molecule has 0 aromatic carbocycles. The number of carboxylic acids is 1. The van der Waals surface area contributed by atoms with Gasteiger partial charge in [0.05, 0.1) is 0 Å². The summed E-state index contributed by atoms with van der Waals surface area (Å²) in [6.45, 7) is 1.61. The summed E-state index contributed by atoms with van der Waals surface area (Å²) in [4.78, 5) is 33.5. The summed E-state index contributed by atoms with van der Waals surface area (Å²) in [6, 6.07) is 0. The molecule has 88 valence electrons. The number of carbonyl (C=O) groups is 1. The van der Waals surface area contributed by atoms with Crippen LogP contribution in [-0.4, -0.2) is 15.1 Å². The molecular formula is C10H13N2O4-. The average molecular weight is 225 g/mol. The minimum Gasteiger partial charge on any atom is -0.550 e. The third kappa shape index (κ3) is 2.21. The first-order valence-electron chi connectivity index (χ1n) is 4.81. The van der Waals surface area contributed by atoms with Gasteiger partial charge < -0.3 is 14.5 Å². The molecular weight excluding hydrogens is 212 g/mol. The van der Waals surface area contributed by atoms with Crippen LogP contribution in [0.5, 0.6) is 0 Å². The van der Waals surface area contributed by atoms with Crippen LogP contribution < -0.4 is 16.4 Å². The van der Waals surface area contributed by atoms with Crippen LogP contribution in [0.4, 0.5) is 0 Å². The predicted molar refractivity (Wildman–Crippen MR) is 55.0 cm³/mol. The summed E-state index contributed by atoms with van der Waals surface area (Å²) in [5, 5.41) is 10.4. The molecule has 1 atom stereocenters. The van der Waals surface area contributed by atoms with Gasteiger partial charge in [0.1, 0.15) is 0 Å². The molecule has 0 saturated heterocycles. The fraction of sp³-hybridized carbons (Fsp3) is 0.500. The van der Waals surface area contributed by atoms with Gasteiger partial charge in [-0.3, -0.25) is 9.36 Å². The highest BCUT2D eigenvalue weighted by atomic mass is 16.4. The Hall–Kier alpha value is -1.85. The Labute approximate surface area is 91.8 Å². The van der Waals surface area contributed by atoms with E-state index in [0.717, 1.165) is 4.57 Å². The zero-order valence-corrected chi connectivity index (χ0v) is 9.39. The van der Waals surface area contributed by atoms with Crippen LogP contribution in [0.3, 0.4) is 0 Å². The number of nitrogens with zero attached hydrogens (tertiary/aromatic N) is 2. The lowest BCUT2D eigenvalue weighted by atomic mass is 10.0. The van der Waals surface area contributed by atoms with E-state index in [1.54, 1.807) is 6.92 Å². The van der Waals surface area contributed by atoms with Crippen molar-refractivity contribution in [3.63, 3.8) is 0 Å². The molecule has 6 heteroatoms. The zero-order valence-electron chi connectivity index (χ0n) is 9.39. The van der Waals surface area contributed by atoms with Crippen LogP contribution in [0.25, 0.3) is 0 Å². The standard InChI is InChI=1S/C10H14N2O4/c1-6(4-8(13)14)7-5-11(2)10(16)12(3)9(7)15/h5-6H,4H2,1-3H3,(H,13,14)/p-1/t6-/m1/s1. The topological polar surface area (TPSA) is 84.1 Å². The molecule has 0 saturated carbocycles. The van der Waals surface area contributed by atoms with E-state index >= 15 is 0 Å². The first-order valence-corrected chi connectivity index (χ1v) is 4.81. The molecule has 0 bridgehead atoms. The van der Waals surface area contributed by atoms with Gasteiger partial charge in [-0.25, -0.2) is 4.79 Å². The Morgan fingerprint density at radius 3 is 2.50 bits per heavy atom. The fourth-order valence-corrected chi connectivity index (χ4v) is 1.53. The van der Waals surface area contributed by atoms with Gasteiger partial charge in [0.25, 0.3) is 5.56 Å². The molecule has 0 radical (unpaired) electrons. The van der Waals surface area contributed by atoms with Crippen LogP contribution in [0.2, 0.25) is 0 Å². The van der Waals surface area contributed by atoms with Crippen molar-refractivity contribution in [3.05, 3.63) is 32.6 Å². The molecule has 0 unspecified atom stereocenters. The summed E-state index contributed by atoms with van der Waals surface area (Å²) >= 11 is 0. The second-order valence-corrected chi connectivity index (χ2v) is 3.82. The minimum atomic E-state index is -1.22. The number of hydrogen-bond acceptors (Lipinski definition) is 4. The highest BCUT2D eigenvalue weighted by Gasteiger charge is 2.13. The Morgan fingerprint density at radius 2 is 2.00 bits per heavy atom. The molecule has 16 heavy (non-hydrogen) atoms. The maximum Gasteiger partial charge on any atom is 0.330 e. The highest BCUT2D eigenvalue weighted by Crippen LogP contribution is 2.13. The van der Waals surface area contributed by atoms with Gasteiger partial charge in [-0.05, 0) is 12.3 Å². The molecule has 0 spiro atoms. The van der Waals surface area contributed by atoms with Crippen molar-refractivity contribution in [2.75, 3.05) is 0 Å². The van der Waals surface area contributed by atoms with Gasteiger partial charge in [-0.2, -0.15) is 0 Å². The van der Waals surface area contributed by atoms with Gasteiger partial charge in [-0.15, -0.1) is 0 Å². The third-order valence-electron chi connectivity index (χ3n) is 2.48. The Balaban J connectivity index is 3.31. The first kappa shape index (κ1) is 12.2. The second kappa shape index (κ2) is 4.34. The maximum atomic E-state index is 11.7. The summed E-state index contributed by atoms with van der Waals surface area (Å²) in [5.41, 5.74) is -0.597. The molecule has 1 aromatic rings. The van der Waals surface area contributed by atoms with E-state index in [1.165, 1.54) is 24.9 Å². The van der Waals surface area contributed by atoms with E-state index in [2.05, 4.69) is 0 Å². The van der Waals surface area contributed by atoms with E-state index in [-0.39, 0.29) is 6.42 Å². The number of aromatic nitrogens is 2. The van der Waals surface area contributed by atoms with Crippen molar-refractivity contribution in [3.8, 4) is 0 Å². The van der Waals surface area contributed by atoms with Crippen LogP contribution in [0.15, 0.2) is 15.8 Å². The second-order valence-electron chi connectivity index (χ2n) is 3.82. The van der Waals surface area contributed by atoms with E-state index in [4.69, 9.17) is 0 Å². The summed E-state index contributed by atoms with van der Waals surface area (Å²) < 4.78 is 2.21. The van der Waals surface area contributed by atoms with E-state index in [0.29, 0.717) is 5.56 Å². The zero-order chi connectivity index (χ0) is 12.5. The van der Waals surface area contributed by atoms with E-state index in [1.807, 2.05) is 0 Å². The van der Waals surface area contributed by atoms with Gasteiger partial charge >= 0.3 is 5.69 Å². The van der Waals surface area contributed by atoms with Crippen molar-refractivity contribution in [2.45, 2.75) is 19.3 Å². The number of hydrogen-bond donors (Lipinski definition) is 0. The lowest BCUT2D eigenvalue weighted by Crippen LogP contribution is -2.39. The van der Waals surface area contributed by atoms with Crippen molar-refractivity contribution in [2.24, 2.45) is 14.1 Å². The SMILES string of the molecule is C[C@H](CC(=O)[O-])c1cn(C)c(=O)n(C)c1=O. The van der Waals surface area contributed by atoms with Crippen LogP contribution in [0.1, 0.15) is 24.8 Å². The molecule has 1 heterocycles. The van der Waals surface area contributed by atoms with Crippen LogP contribution in [0, 0.1) is 0 Å². The van der Waals surface area contributed by atoms with Gasteiger partial charge in [0.15, 0.2) is 0 Å². The smallest absolute Gasteiger partial charge is 0.330 e. The molecule has 6 nitrogen and oxygen atoms in total. The Morgan fingerprint density at radius 1 is 1.44 bits per heavy atom. The van der Waals surface area contributed by atoms with Crippen molar-refractivity contribution >= 4 is 5.97 Å². The van der Waals surface area contributed by atoms with Crippen molar-refractivity contribution < 1.29 is 9.90 Å². The monoisotopic (exact) mass is 225 g/mol. The largest absolute Gasteiger partial charge is 0.550 e. The average Bonchev–Trinajstić information content (AvgIpc) is 2.19. The van der Waals surface area contributed by atoms with Crippen LogP contribution >= 0.6 is 0 Å². The van der Waals surface area contributed by atoms with E-state index < -0.39 is 23.1 Å². The van der Waals surface area contributed by atoms with Gasteiger partial charge in [0, 0.05) is 31.8 Å². The first-order chi connectivity index (χ1) is 7.34. The van der Waals surface area contributed by atoms with Gasteiger partial charge in [-0.1, -0.05) is 6.92 Å². The summed E-state index contributed by atoms with van der Waals surface area (Å²) in [6.07, 6.45) is 1.13. The molecule has 0 aliphatic heterocycles. The molecule has 0 N–H and O–H groups in total. The van der Waals surface area contributed by atoms with E-state index in [9.17, 15) is 19.5 Å². The number of carboxylic acid groups (broad SMARTS) is 1. The lowest BCUT2D eigenvalue weighted by Gasteiger charge is -2.13. The number of carbonyl (C=O) groups excluding carboxylic acids is 1. The fourth-order valence-electron chi connectivity index (χ4n) is 1.53. The summed E-state index contributed by atoms with van der Waals surface area (Å²) in [5.74, 6) is -1.70. The number of rotatable bonds is 3. The normalized spacial score (nSPS) is 12.4. The maximum absolute atomic E-state index is 11.7. The summed E-state index contributed by atoms with van der Waals surface area (Å²) in [7, 11) is 2.87. The third-order valence-corrected chi connectivity index (χ3v) is 2.48. The van der Waals surface area contributed by atoms with Crippen molar-refractivity contribution in [1.82, 2.24) is 9.13 Å². The molecule has 0 aliphatic rings. The quantitative estimate of drug-likeness (QED) is 0.615. The molecule has 0 amide bonds. The van der Waals surface area contributed by atoms with Gasteiger partial charge in [0.2, 0.25) is 0 Å². The number of aliphatic carboxylic acids is 1. The molecule has 1 aromatic heterocycles. The minimum absolute atomic E-state index is 0.243. The highest BCUT2D eigenvalue weighted by molar-refractivity contribution is 5.65. The lowest BCUT2D eigenvalue weighted by molar-refractivity contribution is -0.306. The number of aryl methyl sites for hydroxylation is 1. The van der Waals surface area contributed by atoms with Crippen LogP contribution in [-0.2, 0) is 18.9 Å². The predicted octanol–water partition coefficient (Wildman–Crippen LogP) is -1.67. The molecule has 0 fully saturated rings. The Kier molecular flexibility index (Phi) is 3.31. The van der Waals surface area contributed by atoms with Crippen molar-refractivity contribution in [1.29, 1.82) is 0 Å². The molecule has 1 rings (SSSR count). The Bertz CT molecular complexity index is 527. The molecule has 0 aliphatic carbocycles.